The minimum Gasteiger partial charge on any atom is -0.378 e. The summed E-state index contributed by atoms with van der Waals surface area (Å²) in [6, 6.07) is 0. The second-order valence-corrected chi connectivity index (χ2v) is 4.70. The van der Waals surface area contributed by atoms with Crippen LogP contribution in [0.15, 0.2) is 0 Å². The first-order valence-electron chi connectivity index (χ1n) is 4.94. The van der Waals surface area contributed by atoms with Gasteiger partial charge in [-0.25, -0.2) is 0 Å². The van der Waals surface area contributed by atoms with Gasteiger partial charge < -0.3 is 4.74 Å². The summed E-state index contributed by atoms with van der Waals surface area (Å²) in [5.74, 6) is 0.782. The average Bonchev–Trinajstić information content (AvgIpc) is 2.01. The molecule has 1 fully saturated rings. The van der Waals surface area contributed by atoms with Crippen molar-refractivity contribution in [3.63, 3.8) is 0 Å². The highest BCUT2D eigenvalue weighted by molar-refractivity contribution is 6.20. The van der Waals surface area contributed by atoms with Gasteiger partial charge in [-0.15, -0.1) is 11.6 Å². The van der Waals surface area contributed by atoms with Gasteiger partial charge in [0.25, 0.3) is 0 Å². The van der Waals surface area contributed by atoms with Gasteiger partial charge in [0.2, 0.25) is 0 Å². The zero-order chi connectivity index (χ0) is 8.97. The lowest BCUT2D eigenvalue weighted by Crippen LogP contribution is -2.26. The molecule has 72 valence electrons. The van der Waals surface area contributed by atoms with Crippen LogP contribution in [0.25, 0.3) is 0 Å². The highest BCUT2D eigenvalue weighted by atomic mass is 35.5. The molecule has 2 unspecified atom stereocenters. The quantitative estimate of drug-likeness (QED) is 0.621. The van der Waals surface area contributed by atoms with Gasteiger partial charge in [-0.05, 0) is 31.6 Å². The summed E-state index contributed by atoms with van der Waals surface area (Å²) < 4.78 is 5.61. The summed E-state index contributed by atoms with van der Waals surface area (Å²) in [6.07, 6.45) is 4.95. The van der Waals surface area contributed by atoms with Crippen LogP contribution < -0.4 is 0 Å². The molecule has 1 rings (SSSR count). The van der Waals surface area contributed by atoms with Crippen molar-refractivity contribution in [1.82, 2.24) is 0 Å². The van der Waals surface area contributed by atoms with E-state index in [1.165, 1.54) is 12.8 Å². The molecule has 1 aliphatic heterocycles. The van der Waals surface area contributed by atoms with Gasteiger partial charge in [0.1, 0.15) is 0 Å². The first-order chi connectivity index (χ1) is 5.68. The number of alkyl halides is 1. The highest BCUT2D eigenvalue weighted by Gasteiger charge is 2.20. The molecule has 0 radical (unpaired) electrons. The molecule has 1 heterocycles. The Morgan fingerprint density at radius 3 is 2.83 bits per heavy atom. The SMILES string of the molecule is CC(C)CCC1CC(Cl)CCO1. The minimum atomic E-state index is 0.357. The summed E-state index contributed by atoms with van der Waals surface area (Å²) in [5.41, 5.74) is 0. The van der Waals surface area contributed by atoms with Crippen LogP contribution in [-0.4, -0.2) is 18.1 Å². The second kappa shape index (κ2) is 5.08. The van der Waals surface area contributed by atoms with Crippen LogP contribution in [0.1, 0.15) is 39.5 Å². The minimum absolute atomic E-state index is 0.357. The van der Waals surface area contributed by atoms with Crippen molar-refractivity contribution in [2.24, 2.45) is 5.92 Å². The largest absolute Gasteiger partial charge is 0.378 e. The normalized spacial score (nSPS) is 31.0. The average molecular weight is 191 g/mol. The van der Waals surface area contributed by atoms with E-state index in [1.807, 2.05) is 0 Å². The molecule has 0 aromatic carbocycles. The molecule has 0 bridgehead atoms. The zero-order valence-electron chi connectivity index (χ0n) is 8.05. The van der Waals surface area contributed by atoms with Crippen LogP contribution in [0.4, 0.5) is 0 Å². The van der Waals surface area contributed by atoms with Crippen molar-refractivity contribution in [2.75, 3.05) is 6.61 Å². The first-order valence-corrected chi connectivity index (χ1v) is 5.37. The lowest BCUT2D eigenvalue weighted by atomic mass is 10.00. The molecule has 1 aliphatic rings. The van der Waals surface area contributed by atoms with Crippen LogP contribution in [0.3, 0.4) is 0 Å². The lowest BCUT2D eigenvalue weighted by Gasteiger charge is -2.26. The standard InChI is InChI=1S/C10H19ClO/c1-8(2)3-4-10-7-9(11)5-6-12-10/h8-10H,3-7H2,1-2H3. The molecule has 0 amide bonds. The Bertz CT molecular complexity index is 125. The molecule has 1 saturated heterocycles. The third kappa shape index (κ3) is 3.77. The molecular weight excluding hydrogens is 172 g/mol. The van der Waals surface area contributed by atoms with Crippen LogP contribution >= 0.6 is 11.6 Å². The van der Waals surface area contributed by atoms with E-state index in [-0.39, 0.29) is 0 Å². The topological polar surface area (TPSA) is 9.23 Å². The summed E-state index contributed by atoms with van der Waals surface area (Å²) >= 11 is 6.05. The predicted octanol–water partition coefficient (Wildman–Crippen LogP) is 3.21. The van der Waals surface area contributed by atoms with E-state index >= 15 is 0 Å². The third-order valence-corrected chi connectivity index (χ3v) is 2.77. The fraction of sp³-hybridized carbons (Fsp3) is 1.00. The van der Waals surface area contributed by atoms with Crippen molar-refractivity contribution < 1.29 is 4.74 Å². The lowest BCUT2D eigenvalue weighted by molar-refractivity contribution is 0.0101. The van der Waals surface area contributed by atoms with Crippen molar-refractivity contribution >= 4 is 11.6 Å². The van der Waals surface area contributed by atoms with Crippen molar-refractivity contribution in [3.8, 4) is 0 Å². The van der Waals surface area contributed by atoms with E-state index in [9.17, 15) is 0 Å². The van der Waals surface area contributed by atoms with E-state index in [1.54, 1.807) is 0 Å². The van der Waals surface area contributed by atoms with Gasteiger partial charge in [-0.1, -0.05) is 13.8 Å². The van der Waals surface area contributed by atoms with E-state index < -0.39 is 0 Å². The second-order valence-electron chi connectivity index (χ2n) is 4.09. The highest BCUT2D eigenvalue weighted by Crippen LogP contribution is 2.22. The third-order valence-electron chi connectivity index (χ3n) is 2.37. The number of ether oxygens (including phenoxy) is 1. The summed E-state index contributed by atoms with van der Waals surface area (Å²) in [6.45, 7) is 5.36. The van der Waals surface area contributed by atoms with Crippen LogP contribution in [0.5, 0.6) is 0 Å². The van der Waals surface area contributed by atoms with E-state index in [0.717, 1.165) is 25.4 Å². The zero-order valence-corrected chi connectivity index (χ0v) is 8.81. The Morgan fingerprint density at radius 1 is 1.50 bits per heavy atom. The maximum Gasteiger partial charge on any atom is 0.0589 e. The van der Waals surface area contributed by atoms with E-state index in [0.29, 0.717) is 11.5 Å². The molecule has 0 aromatic heterocycles. The van der Waals surface area contributed by atoms with Crippen LogP contribution in [0.2, 0.25) is 0 Å². The number of hydrogen-bond donors (Lipinski definition) is 0. The Hall–Kier alpha value is 0.250. The monoisotopic (exact) mass is 190 g/mol. The van der Waals surface area contributed by atoms with Gasteiger partial charge in [-0.3, -0.25) is 0 Å². The molecule has 0 spiro atoms. The van der Waals surface area contributed by atoms with Gasteiger partial charge >= 0.3 is 0 Å². The van der Waals surface area contributed by atoms with Gasteiger partial charge in [0.15, 0.2) is 0 Å². The van der Waals surface area contributed by atoms with Gasteiger partial charge in [0, 0.05) is 12.0 Å². The van der Waals surface area contributed by atoms with Crippen LogP contribution in [-0.2, 0) is 4.74 Å². The van der Waals surface area contributed by atoms with E-state index in [2.05, 4.69) is 13.8 Å². The molecule has 0 aliphatic carbocycles. The molecule has 0 saturated carbocycles. The van der Waals surface area contributed by atoms with E-state index in [4.69, 9.17) is 16.3 Å². The molecule has 2 heteroatoms. The fourth-order valence-corrected chi connectivity index (χ4v) is 1.84. The maximum atomic E-state index is 6.05. The fourth-order valence-electron chi connectivity index (χ4n) is 1.55. The molecule has 2 atom stereocenters. The number of halogens is 1. The summed E-state index contributed by atoms with van der Waals surface area (Å²) in [7, 11) is 0. The summed E-state index contributed by atoms with van der Waals surface area (Å²) in [4.78, 5) is 0. The molecule has 0 aromatic rings. The van der Waals surface area contributed by atoms with Crippen molar-refractivity contribution in [2.45, 2.75) is 51.0 Å². The van der Waals surface area contributed by atoms with Gasteiger partial charge in [0.05, 0.1) is 6.10 Å². The maximum absolute atomic E-state index is 6.05. The Labute approximate surface area is 80.4 Å². The Balaban J connectivity index is 2.14. The van der Waals surface area contributed by atoms with Gasteiger partial charge in [-0.2, -0.15) is 0 Å². The Kier molecular flexibility index (Phi) is 4.38. The molecule has 0 N–H and O–H groups in total. The smallest absolute Gasteiger partial charge is 0.0589 e. The van der Waals surface area contributed by atoms with Crippen molar-refractivity contribution in [1.29, 1.82) is 0 Å². The number of rotatable bonds is 3. The molecule has 12 heavy (non-hydrogen) atoms. The van der Waals surface area contributed by atoms with Crippen LogP contribution in [0, 0.1) is 5.92 Å². The first kappa shape index (κ1) is 10.3. The number of hydrogen-bond acceptors (Lipinski definition) is 1. The molecular formula is C10H19ClO. The predicted molar refractivity (Wildman–Crippen MR) is 52.7 cm³/mol. The summed E-state index contributed by atoms with van der Waals surface area (Å²) in [5, 5.41) is 0.357. The van der Waals surface area contributed by atoms with Crippen molar-refractivity contribution in [3.05, 3.63) is 0 Å². The molecule has 1 nitrogen and oxygen atoms in total. The Morgan fingerprint density at radius 2 is 2.25 bits per heavy atom.